The van der Waals surface area contributed by atoms with E-state index in [1.165, 1.54) is 17.4 Å². The summed E-state index contributed by atoms with van der Waals surface area (Å²) in [6.45, 7) is 2.12. The zero-order valence-corrected chi connectivity index (χ0v) is 11.3. The number of amidine groups is 1. The fourth-order valence-corrected chi connectivity index (χ4v) is 2.54. The molecule has 0 saturated carbocycles. The first kappa shape index (κ1) is 13.5. The molecule has 0 atom stereocenters. The molecule has 3 N–H and O–H groups in total. The summed E-state index contributed by atoms with van der Waals surface area (Å²) in [4.78, 5) is 5.01. The molecule has 1 aromatic carbocycles. The number of benzene rings is 1. The van der Waals surface area contributed by atoms with Gasteiger partial charge in [-0.25, -0.2) is 9.37 Å². The van der Waals surface area contributed by atoms with Gasteiger partial charge in [0.05, 0.1) is 10.6 Å². The predicted octanol–water partition coefficient (Wildman–Crippen LogP) is 2.71. The second-order valence-corrected chi connectivity index (χ2v) is 4.95. The summed E-state index contributed by atoms with van der Waals surface area (Å²) in [5.74, 6) is -0.201. The summed E-state index contributed by atoms with van der Waals surface area (Å²) >= 11 is 1.31. The first-order chi connectivity index (χ1) is 9.11. The van der Waals surface area contributed by atoms with Crippen LogP contribution in [-0.2, 0) is 13.0 Å². The largest absolute Gasteiger partial charge is 0.483 e. The van der Waals surface area contributed by atoms with Gasteiger partial charge in [0.1, 0.15) is 17.5 Å². The Morgan fingerprint density at radius 3 is 2.79 bits per heavy atom. The molecule has 0 aliphatic carbocycles. The lowest BCUT2D eigenvalue weighted by Crippen LogP contribution is -2.11. The van der Waals surface area contributed by atoms with Crippen LogP contribution in [0.25, 0.3) is 0 Å². The molecule has 0 saturated heterocycles. The van der Waals surface area contributed by atoms with E-state index in [2.05, 4.69) is 4.98 Å². The maximum atomic E-state index is 13.4. The van der Waals surface area contributed by atoms with Crippen molar-refractivity contribution in [3.63, 3.8) is 0 Å². The van der Waals surface area contributed by atoms with Crippen molar-refractivity contribution >= 4 is 17.2 Å². The van der Waals surface area contributed by atoms with E-state index >= 15 is 0 Å². The average Bonchev–Trinajstić information content (AvgIpc) is 2.81. The molecule has 0 bridgehead atoms. The van der Waals surface area contributed by atoms with Crippen molar-refractivity contribution < 1.29 is 9.13 Å². The minimum absolute atomic E-state index is 0.00601. The van der Waals surface area contributed by atoms with Crippen LogP contribution in [0.1, 0.15) is 22.5 Å². The van der Waals surface area contributed by atoms with E-state index in [1.807, 2.05) is 6.92 Å². The third-order valence-electron chi connectivity index (χ3n) is 2.51. The van der Waals surface area contributed by atoms with Gasteiger partial charge in [0.2, 0.25) is 0 Å². The maximum absolute atomic E-state index is 13.4. The zero-order chi connectivity index (χ0) is 13.8. The normalized spacial score (nSPS) is 10.4. The third kappa shape index (κ3) is 3.08. The van der Waals surface area contributed by atoms with Crippen LogP contribution in [0.15, 0.2) is 24.3 Å². The molecule has 0 unspecified atom stereocenters. The van der Waals surface area contributed by atoms with Crippen LogP contribution in [-0.4, -0.2) is 10.8 Å². The molecule has 2 rings (SSSR count). The van der Waals surface area contributed by atoms with E-state index in [9.17, 15) is 4.39 Å². The van der Waals surface area contributed by atoms with Gasteiger partial charge in [-0.1, -0.05) is 19.1 Å². The monoisotopic (exact) mass is 279 g/mol. The minimum Gasteiger partial charge on any atom is -0.483 e. The quantitative estimate of drug-likeness (QED) is 0.653. The maximum Gasteiger partial charge on any atom is 0.165 e. The molecule has 6 heteroatoms. The van der Waals surface area contributed by atoms with Gasteiger partial charge in [0, 0.05) is 0 Å². The Bertz CT molecular complexity index is 597. The Balaban J connectivity index is 2.12. The highest BCUT2D eigenvalue weighted by Crippen LogP contribution is 2.22. The number of nitrogen functional groups attached to an aromatic ring is 1. The molecular weight excluding hydrogens is 265 g/mol. The second kappa shape index (κ2) is 5.79. The summed E-state index contributed by atoms with van der Waals surface area (Å²) in [6, 6.07) is 6.22. The van der Waals surface area contributed by atoms with Crippen LogP contribution in [0, 0.1) is 11.2 Å². The highest BCUT2D eigenvalue weighted by Gasteiger charge is 2.13. The number of rotatable bonds is 5. The summed E-state index contributed by atoms with van der Waals surface area (Å²) in [5, 5.41) is 8.16. The Hall–Kier alpha value is -1.95. The summed E-state index contributed by atoms with van der Waals surface area (Å²) < 4.78 is 18.8. The predicted molar refractivity (Wildman–Crippen MR) is 73.2 cm³/mol. The summed E-state index contributed by atoms with van der Waals surface area (Å²) in [5.41, 5.74) is 6.27. The molecule has 19 heavy (non-hydrogen) atoms. The smallest absolute Gasteiger partial charge is 0.165 e. The molecule has 0 amide bonds. The average molecular weight is 279 g/mol. The molecule has 0 fully saturated rings. The SMILES string of the molecule is CCc1nc(COc2ccccc2F)sc1C(=N)N. The van der Waals surface area contributed by atoms with E-state index in [0.717, 1.165) is 5.69 Å². The first-order valence-corrected chi connectivity index (χ1v) is 6.63. The number of nitrogens with one attached hydrogen (secondary N) is 1. The number of nitrogens with zero attached hydrogens (tertiary/aromatic N) is 1. The Morgan fingerprint density at radius 1 is 1.47 bits per heavy atom. The van der Waals surface area contributed by atoms with E-state index in [-0.39, 0.29) is 18.2 Å². The Labute approximate surface area is 114 Å². The number of hydrogen-bond donors (Lipinski definition) is 2. The molecule has 2 aromatic rings. The van der Waals surface area contributed by atoms with E-state index in [1.54, 1.807) is 18.2 Å². The van der Waals surface area contributed by atoms with Crippen molar-refractivity contribution in [1.29, 1.82) is 5.41 Å². The molecule has 1 aromatic heterocycles. The summed E-state index contributed by atoms with van der Waals surface area (Å²) in [7, 11) is 0. The van der Waals surface area contributed by atoms with Crippen LogP contribution in [0.2, 0.25) is 0 Å². The zero-order valence-electron chi connectivity index (χ0n) is 10.4. The van der Waals surface area contributed by atoms with Gasteiger partial charge >= 0.3 is 0 Å². The highest BCUT2D eigenvalue weighted by atomic mass is 32.1. The van der Waals surface area contributed by atoms with Crippen molar-refractivity contribution in [2.75, 3.05) is 0 Å². The highest BCUT2D eigenvalue weighted by molar-refractivity contribution is 7.13. The van der Waals surface area contributed by atoms with Gasteiger partial charge in [-0.05, 0) is 18.6 Å². The van der Waals surface area contributed by atoms with Crippen molar-refractivity contribution in [3.8, 4) is 5.75 Å². The van der Waals surface area contributed by atoms with E-state index in [0.29, 0.717) is 16.3 Å². The van der Waals surface area contributed by atoms with E-state index in [4.69, 9.17) is 15.9 Å². The van der Waals surface area contributed by atoms with Gasteiger partial charge < -0.3 is 10.5 Å². The molecular formula is C13H14FN3OS. The Morgan fingerprint density at radius 2 is 2.21 bits per heavy atom. The number of aryl methyl sites for hydroxylation is 1. The molecule has 0 aliphatic rings. The Kier molecular flexibility index (Phi) is 4.11. The number of ether oxygens (including phenoxy) is 1. The van der Waals surface area contributed by atoms with Crippen molar-refractivity contribution in [2.24, 2.45) is 5.73 Å². The molecule has 4 nitrogen and oxygen atoms in total. The van der Waals surface area contributed by atoms with Crippen LogP contribution >= 0.6 is 11.3 Å². The van der Waals surface area contributed by atoms with Crippen molar-refractivity contribution in [3.05, 3.63) is 45.7 Å². The van der Waals surface area contributed by atoms with Crippen LogP contribution in [0.3, 0.4) is 0 Å². The summed E-state index contributed by atoms with van der Waals surface area (Å²) in [6.07, 6.45) is 0.700. The number of aromatic nitrogens is 1. The van der Waals surface area contributed by atoms with Crippen molar-refractivity contribution in [2.45, 2.75) is 20.0 Å². The molecule has 0 radical (unpaired) electrons. The fourth-order valence-electron chi connectivity index (χ4n) is 1.61. The number of halogens is 1. The standard InChI is InChI=1S/C13H14FN3OS/c1-2-9-12(13(15)16)19-11(17-9)7-18-10-6-4-3-5-8(10)14/h3-6H,2,7H2,1H3,(H3,15,16). The van der Waals surface area contributed by atoms with Gasteiger partial charge in [-0.15, -0.1) is 11.3 Å². The topological polar surface area (TPSA) is 72.0 Å². The molecule has 1 heterocycles. The number of nitrogens with two attached hydrogens (primary N) is 1. The van der Waals surface area contributed by atoms with Crippen molar-refractivity contribution in [1.82, 2.24) is 4.98 Å². The van der Waals surface area contributed by atoms with Crippen LogP contribution in [0.4, 0.5) is 4.39 Å². The van der Waals surface area contributed by atoms with Crippen LogP contribution in [0.5, 0.6) is 5.75 Å². The van der Waals surface area contributed by atoms with Crippen LogP contribution < -0.4 is 10.5 Å². The van der Waals surface area contributed by atoms with E-state index < -0.39 is 5.82 Å². The molecule has 0 aliphatic heterocycles. The van der Waals surface area contributed by atoms with Gasteiger partial charge in [0.25, 0.3) is 0 Å². The van der Waals surface area contributed by atoms with Gasteiger partial charge in [-0.3, -0.25) is 5.41 Å². The first-order valence-electron chi connectivity index (χ1n) is 5.82. The second-order valence-electron chi connectivity index (χ2n) is 3.87. The number of hydrogen-bond acceptors (Lipinski definition) is 4. The molecule has 100 valence electrons. The van der Waals surface area contributed by atoms with Gasteiger partial charge in [-0.2, -0.15) is 0 Å². The lowest BCUT2D eigenvalue weighted by molar-refractivity contribution is 0.289. The lowest BCUT2D eigenvalue weighted by Gasteiger charge is -2.04. The minimum atomic E-state index is -0.401. The van der Waals surface area contributed by atoms with Gasteiger partial charge in [0.15, 0.2) is 11.6 Å². The number of thiazole rings is 1. The lowest BCUT2D eigenvalue weighted by atomic mass is 10.3. The number of para-hydroxylation sites is 1. The molecule has 0 spiro atoms. The fraction of sp³-hybridized carbons (Fsp3) is 0.231. The third-order valence-corrected chi connectivity index (χ3v) is 3.61.